The highest BCUT2D eigenvalue weighted by atomic mass is 16.5. The lowest BCUT2D eigenvalue weighted by Gasteiger charge is -2.10. The van der Waals surface area contributed by atoms with Gasteiger partial charge in [-0.25, -0.2) is 5.43 Å². The maximum Gasteiger partial charge on any atom is 0.244 e. The summed E-state index contributed by atoms with van der Waals surface area (Å²) in [5.41, 5.74) is 6.39. The Morgan fingerprint density at radius 2 is 1.83 bits per heavy atom. The van der Waals surface area contributed by atoms with E-state index in [4.69, 9.17) is 4.74 Å². The van der Waals surface area contributed by atoms with E-state index in [0.717, 1.165) is 34.4 Å². The third kappa shape index (κ3) is 6.21. The van der Waals surface area contributed by atoms with Crippen molar-refractivity contribution < 1.29 is 14.6 Å². The van der Waals surface area contributed by atoms with E-state index in [2.05, 4.69) is 17.5 Å². The minimum atomic E-state index is -0.243. The fourth-order valence-electron chi connectivity index (χ4n) is 2.91. The van der Waals surface area contributed by atoms with Gasteiger partial charge in [0.05, 0.1) is 12.6 Å². The Balaban J connectivity index is 1.57. The summed E-state index contributed by atoms with van der Waals surface area (Å²) in [5.74, 6) is 0.699. The molecule has 0 radical (unpaired) electrons. The van der Waals surface area contributed by atoms with E-state index < -0.39 is 0 Å². The van der Waals surface area contributed by atoms with Gasteiger partial charge in [0.2, 0.25) is 5.91 Å². The maximum absolute atomic E-state index is 12.0. The number of amides is 1. The van der Waals surface area contributed by atoms with Crippen LogP contribution in [0.25, 0.3) is 0 Å². The summed E-state index contributed by atoms with van der Waals surface area (Å²) < 4.78 is 5.87. The SMILES string of the molecule is CCc1cc(OCc2ccccc2)ccc1C=NNC(=O)Cc1cccc(O)c1. The van der Waals surface area contributed by atoms with E-state index in [-0.39, 0.29) is 18.1 Å². The Morgan fingerprint density at radius 1 is 1.03 bits per heavy atom. The standard InChI is InChI=1S/C24H24N2O3/c1-2-20-15-23(29-17-18-7-4-3-5-8-18)12-11-21(20)16-25-26-24(28)14-19-9-6-10-22(27)13-19/h3-13,15-16,27H,2,14,17H2,1H3,(H,26,28). The van der Waals surface area contributed by atoms with Crippen LogP contribution in [0.3, 0.4) is 0 Å². The van der Waals surface area contributed by atoms with Gasteiger partial charge >= 0.3 is 0 Å². The van der Waals surface area contributed by atoms with Gasteiger partial charge in [-0.05, 0) is 59.0 Å². The van der Waals surface area contributed by atoms with Gasteiger partial charge < -0.3 is 9.84 Å². The van der Waals surface area contributed by atoms with Crippen molar-refractivity contribution in [2.75, 3.05) is 0 Å². The van der Waals surface area contributed by atoms with Crippen molar-refractivity contribution in [3.63, 3.8) is 0 Å². The van der Waals surface area contributed by atoms with Gasteiger partial charge in [-0.1, -0.05) is 49.4 Å². The number of hydrogen-bond acceptors (Lipinski definition) is 4. The highest BCUT2D eigenvalue weighted by molar-refractivity contribution is 5.84. The first-order valence-electron chi connectivity index (χ1n) is 9.53. The van der Waals surface area contributed by atoms with Gasteiger partial charge in [-0.3, -0.25) is 4.79 Å². The number of hydrazone groups is 1. The number of aryl methyl sites for hydroxylation is 1. The molecule has 0 saturated heterocycles. The first-order valence-corrected chi connectivity index (χ1v) is 9.53. The van der Waals surface area contributed by atoms with Crippen LogP contribution in [-0.4, -0.2) is 17.2 Å². The molecule has 3 aromatic rings. The van der Waals surface area contributed by atoms with Crippen LogP contribution in [0, 0.1) is 0 Å². The minimum absolute atomic E-state index is 0.140. The molecule has 0 aliphatic carbocycles. The molecule has 0 aromatic heterocycles. The van der Waals surface area contributed by atoms with E-state index in [0.29, 0.717) is 6.61 Å². The molecule has 0 heterocycles. The molecule has 29 heavy (non-hydrogen) atoms. The van der Waals surface area contributed by atoms with E-state index in [1.807, 2.05) is 48.5 Å². The molecular formula is C24H24N2O3. The molecule has 5 heteroatoms. The summed E-state index contributed by atoms with van der Waals surface area (Å²) in [6.45, 7) is 2.58. The Labute approximate surface area is 170 Å². The minimum Gasteiger partial charge on any atom is -0.508 e. The smallest absolute Gasteiger partial charge is 0.244 e. The van der Waals surface area contributed by atoms with Crippen LogP contribution in [0.2, 0.25) is 0 Å². The molecule has 148 valence electrons. The first kappa shape index (κ1) is 20.1. The number of phenols is 1. The van der Waals surface area contributed by atoms with Crippen molar-refractivity contribution in [2.45, 2.75) is 26.4 Å². The van der Waals surface area contributed by atoms with Gasteiger partial charge in [0, 0.05) is 0 Å². The number of benzene rings is 3. The number of nitrogens with one attached hydrogen (secondary N) is 1. The Kier molecular flexibility index (Phi) is 7.00. The fourth-order valence-corrected chi connectivity index (χ4v) is 2.91. The van der Waals surface area contributed by atoms with Gasteiger partial charge in [-0.2, -0.15) is 5.10 Å². The zero-order chi connectivity index (χ0) is 20.5. The number of rotatable bonds is 8. The molecule has 5 nitrogen and oxygen atoms in total. The predicted octanol–water partition coefficient (Wildman–Crippen LogP) is 4.23. The average Bonchev–Trinajstić information content (AvgIpc) is 2.73. The molecule has 2 N–H and O–H groups in total. The third-order valence-corrected chi connectivity index (χ3v) is 4.41. The normalized spacial score (nSPS) is 10.8. The molecule has 1 amide bonds. The van der Waals surface area contributed by atoms with Gasteiger partial charge in [0.15, 0.2) is 0 Å². The summed E-state index contributed by atoms with van der Waals surface area (Å²) in [6.07, 6.45) is 2.61. The van der Waals surface area contributed by atoms with Gasteiger partial charge in [0.25, 0.3) is 0 Å². The lowest BCUT2D eigenvalue weighted by atomic mass is 10.1. The van der Waals surface area contributed by atoms with Crippen LogP contribution in [0.1, 0.15) is 29.2 Å². The fraction of sp³-hybridized carbons (Fsp3) is 0.167. The van der Waals surface area contributed by atoms with Crippen LogP contribution in [-0.2, 0) is 24.2 Å². The second-order valence-corrected chi connectivity index (χ2v) is 6.63. The van der Waals surface area contributed by atoms with Crippen molar-refractivity contribution in [1.82, 2.24) is 5.43 Å². The predicted molar refractivity (Wildman–Crippen MR) is 114 cm³/mol. The molecule has 0 aliphatic rings. The second-order valence-electron chi connectivity index (χ2n) is 6.63. The Bertz CT molecular complexity index is 984. The van der Waals surface area contributed by atoms with E-state index in [1.54, 1.807) is 30.5 Å². The number of hydrogen-bond donors (Lipinski definition) is 2. The molecule has 0 bridgehead atoms. The first-order chi connectivity index (χ1) is 14.1. The molecule has 3 rings (SSSR count). The van der Waals surface area contributed by atoms with Crippen molar-refractivity contribution in [3.05, 3.63) is 95.1 Å². The number of ether oxygens (including phenoxy) is 1. The molecule has 0 unspecified atom stereocenters. The van der Waals surface area contributed by atoms with Crippen LogP contribution >= 0.6 is 0 Å². The largest absolute Gasteiger partial charge is 0.508 e. The molecule has 0 spiro atoms. The van der Waals surface area contributed by atoms with E-state index in [9.17, 15) is 9.90 Å². The van der Waals surface area contributed by atoms with Gasteiger partial charge in [0.1, 0.15) is 18.1 Å². The molecule has 0 atom stereocenters. The number of carbonyl (C=O) groups excluding carboxylic acids is 1. The summed E-state index contributed by atoms with van der Waals surface area (Å²) in [5, 5.41) is 13.5. The van der Waals surface area contributed by atoms with Gasteiger partial charge in [-0.15, -0.1) is 0 Å². The molecule has 0 fully saturated rings. The van der Waals surface area contributed by atoms with Crippen LogP contribution in [0.4, 0.5) is 0 Å². The maximum atomic E-state index is 12.0. The topological polar surface area (TPSA) is 70.9 Å². The summed E-state index contributed by atoms with van der Waals surface area (Å²) in [7, 11) is 0. The van der Waals surface area contributed by atoms with E-state index >= 15 is 0 Å². The number of nitrogens with zero attached hydrogens (tertiary/aromatic N) is 1. The Hall–Kier alpha value is -3.60. The van der Waals surface area contributed by atoms with Crippen LogP contribution in [0.15, 0.2) is 77.9 Å². The second kappa shape index (κ2) is 10.1. The summed E-state index contributed by atoms with van der Waals surface area (Å²) in [6, 6.07) is 22.5. The third-order valence-electron chi connectivity index (χ3n) is 4.41. The zero-order valence-corrected chi connectivity index (χ0v) is 16.3. The summed E-state index contributed by atoms with van der Waals surface area (Å²) >= 11 is 0. The quantitative estimate of drug-likeness (QED) is 0.448. The Morgan fingerprint density at radius 3 is 2.59 bits per heavy atom. The lowest BCUT2D eigenvalue weighted by molar-refractivity contribution is -0.120. The van der Waals surface area contributed by atoms with Crippen molar-refractivity contribution >= 4 is 12.1 Å². The highest BCUT2D eigenvalue weighted by Crippen LogP contribution is 2.19. The van der Waals surface area contributed by atoms with Crippen molar-refractivity contribution in [1.29, 1.82) is 0 Å². The van der Waals surface area contributed by atoms with Crippen LogP contribution in [0.5, 0.6) is 11.5 Å². The molecule has 0 saturated carbocycles. The number of carbonyl (C=O) groups is 1. The number of phenolic OH excluding ortho intramolecular Hbond substituents is 1. The van der Waals surface area contributed by atoms with Crippen molar-refractivity contribution in [2.24, 2.45) is 5.10 Å². The number of aromatic hydroxyl groups is 1. The van der Waals surface area contributed by atoms with E-state index in [1.165, 1.54) is 0 Å². The van der Waals surface area contributed by atoms with Crippen molar-refractivity contribution in [3.8, 4) is 11.5 Å². The van der Waals surface area contributed by atoms with Crippen LogP contribution < -0.4 is 10.2 Å². The average molecular weight is 388 g/mol. The zero-order valence-electron chi connectivity index (χ0n) is 16.3. The molecular weight excluding hydrogens is 364 g/mol. The highest BCUT2D eigenvalue weighted by Gasteiger charge is 2.05. The lowest BCUT2D eigenvalue weighted by Crippen LogP contribution is -2.19. The molecule has 0 aliphatic heterocycles. The summed E-state index contributed by atoms with van der Waals surface area (Å²) in [4.78, 5) is 12.0. The monoisotopic (exact) mass is 388 g/mol. The molecule has 3 aromatic carbocycles.